The molecular weight excluding hydrogens is 334 g/mol. The van der Waals surface area contributed by atoms with Gasteiger partial charge in [0.1, 0.15) is 0 Å². The second kappa shape index (κ2) is 8.50. The van der Waals surface area contributed by atoms with Crippen LogP contribution in [0, 0.1) is 0 Å². The highest BCUT2D eigenvalue weighted by Crippen LogP contribution is 2.34. The van der Waals surface area contributed by atoms with E-state index in [9.17, 15) is 4.79 Å². The number of rotatable bonds is 5. The van der Waals surface area contributed by atoms with Crippen LogP contribution < -0.4 is 5.32 Å². The summed E-state index contributed by atoms with van der Waals surface area (Å²) >= 11 is 5.90. The molecule has 1 atom stereocenters. The standard InChI is InChI=1S/C21H24ClNO2/c22-19-9-7-17(8-10-19)15-20(24)23-16-21(11-4-13-25-14-12-21)18-5-2-1-3-6-18/h1-3,5-10H,4,11-16H2,(H,23,24)/t21-/m0/s1. The lowest BCUT2D eigenvalue weighted by Gasteiger charge is -2.33. The number of ether oxygens (including phenoxy) is 1. The zero-order valence-electron chi connectivity index (χ0n) is 14.3. The van der Waals surface area contributed by atoms with E-state index in [2.05, 4.69) is 29.6 Å². The fourth-order valence-electron chi connectivity index (χ4n) is 3.48. The molecule has 1 aliphatic rings. The minimum Gasteiger partial charge on any atom is -0.381 e. The van der Waals surface area contributed by atoms with Gasteiger partial charge in [0.15, 0.2) is 0 Å². The molecule has 132 valence electrons. The summed E-state index contributed by atoms with van der Waals surface area (Å²) < 4.78 is 5.66. The van der Waals surface area contributed by atoms with Gasteiger partial charge in [0.05, 0.1) is 6.42 Å². The lowest BCUT2D eigenvalue weighted by molar-refractivity contribution is -0.120. The van der Waals surface area contributed by atoms with Crippen LogP contribution in [0.1, 0.15) is 30.4 Å². The predicted molar refractivity (Wildman–Crippen MR) is 101 cm³/mol. The minimum absolute atomic E-state index is 0.0443. The van der Waals surface area contributed by atoms with Gasteiger partial charge in [-0.15, -0.1) is 0 Å². The number of nitrogens with one attached hydrogen (secondary N) is 1. The summed E-state index contributed by atoms with van der Waals surface area (Å²) in [5, 5.41) is 3.84. The maximum atomic E-state index is 12.4. The summed E-state index contributed by atoms with van der Waals surface area (Å²) in [7, 11) is 0. The first-order chi connectivity index (χ1) is 12.2. The van der Waals surface area contributed by atoms with Gasteiger partial charge in [-0.3, -0.25) is 4.79 Å². The van der Waals surface area contributed by atoms with Crippen molar-refractivity contribution < 1.29 is 9.53 Å². The van der Waals surface area contributed by atoms with Crippen LogP contribution in [0.15, 0.2) is 54.6 Å². The second-order valence-corrected chi connectivity index (χ2v) is 7.13. The van der Waals surface area contributed by atoms with Crippen LogP contribution in [-0.2, 0) is 21.4 Å². The predicted octanol–water partition coefficient (Wildman–Crippen LogP) is 4.14. The van der Waals surface area contributed by atoms with Gasteiger partial charge in [-0.1, -0.05) is 54.1 Å². The molecular formula is C21H24ClNO2. The summed E-state index contributed by atoms with van der Waals surface area (Å²) in [5.41, 5.74) is 2.21. The Morgan fingerprint density at radius 3 is 2.56 bits per heavy atom. The molecule has 3 nitrogen and oxygen atoms in total. The van der Waals surface area contributed by atoms with Crippen molar-refractivity contribution in [2.24, 2.45) is 0 Å². The van der Waals surface area contributed by atoms with Gasteiger partial charge >= 0.3 is 0 Å². The average Bonchev–Trinajstić information content (AvgIpc) is 2.89. The number of halogens is 1. The van der Waals surface area contributed by atoms with E-state index in [1.165, 1.54) is 5.56 Å². The van der Waals surface area contributed by atoms with E-state index in [1.54, 1.807) is 0 Å². The molecule has 0 spiro atoms. The van der Waals surface area contributed by atoms with E-state index in [-0.39, 0.29) is 11.3 Å². The van der Waals surface area contributed by atoms with Crippen molar-refractivity contribution in [3.63, 3.8) is 0 Å². The van der Waals surface area contributed by atoms with Crippen molar-refractivity contribution in [1.82, 2.24) is 5.32 Å². The third-order valence-corrected chi connectivity index (χ3v) is 5.21. The number of hydrogen-bond acceptors (Lipinski definition) is 2. The Kier molecular flexibility index (Phi) is 6.11. The van der Waals surface area contributed by atoms with Gasteiger partial charge in [-0.2, -0.15) is 0 Å². The molecule has 0 radical (unpaired) electrons. The lowest BCUT2D eigenvalue weighted by Crippen LogP contribution is -2.41. The summed E-state index contributed by atoms with van der Waals surface area (Å²) in [6.07, 6.45) is 3.34. The van der Waals surface area contributed by atoms with Crippen LogP contribution in [0.3, 0.4) is 0 Å². The molecule has 4 heteroatoms. The highest BCUT2D eigenvalue weighted by atomic mass is 35.5. The summed E-state index contributed by atoms with van der Waals surface area (Å²) in [4.78, 5) is 12.4. The van der Waals surface area contributed by atoms with Crippen LogP contribution in [0.4, 0.5) is 0 Å². The highest BCUT2D eigenvalue weighted by Gasteiger charge is 2.33. The molecule has 0 bridgehead atoms. The minimum atomic E-state index is -0.0482. The van der Waals surface area contributed by atoms with Gasteiger partial charge in [0, 0.05) is 30.2 Å². The first-order valence-electron chi connectivity index (χ1n) is 8.82. The van der Waals surface area contributed by atoms with Crippen molar-refractivity contribution in [3.8, 4) is 0 Å². The van der Waals surface area contributed by atoms with Crippen LogP contribution >= 0.6 is 11.6 Å². The van der Waals surface area contributed by atoms with E-state index in [4.69, 9.17) is 16.3 Å². The van der Waals surface area contributed by atoms with Gasteiger partial charge in [0.2, 0.25) is 5.91 Å². The number of benzene rings is 2. The van der Waals surface area contributed by atoms with Crippen LogP contribution in [0.5, 0.6) is 0 Å². The molecule has 1 aliphatic heterocycles. The number of carbonyl (C=O) groups excluding carboxylic acids is 1. The first kappa shape index (κ1) is 18.0. The van der Waals surface area contributed by atoms with Crippen molar-refractivity contribution in [2.75, 3.05) is 19.8 Å². The smallest absolute Gasteiger partial charge is 0.224 e. The van der Waals surface area contributed by atoms with Gasteiger partial charge in [0.25, 0.3) is 0 Å². The Morgan fingerprint density at radius 1 is 1.04 bits per heavy atom. The molecule has 1 N–H and O–H groups in total. The van der Waals surface area contributed by atoms with E-state index in [1.807, 2.05) is 30.3 Å². The maximum Gasteiger partial charge on any atom is 0.224 e. The van der Waals surface area contributed by atoms with Crippen molar-refractivity contribution in [1.29, 1.82) is 0 Å². The fraction of sp³-hybridized carbons (Fsp3) is 0.381. The molecule has 1 fully saturated rings. The quantitative estimate of drug-likeness (QED) is 0.873. The Morgan fingerprint density at radius 2 is 1.80 bits per heavy atom. The third-order valence-electron chi connectivity index (χ3n) is 4.96. The monoisotopic (exact) mass is 357 g/mol. The molecule has 3 rings (SSSR count). The molecule has 2 aromatic carbocycles. The number of hydrogen-bond donors (Lipinski definition) is 1. The molecule has 1 heterocycles. The zero-order valence-corrected chi connectivity index (χ0v) is 15.1. The summed E-state index contributed by atoms with van der Waals surface area (Å²) in [6, 6.07) is 17.9. The molecule has 0 aliphatic carbocycles. The van der Waals surface area contributed by atoms with E-state index < -0.39 is 0 Å². The Hall–Kier alpha value is -1.84. The molecule has 0 aromatic heterocycles. The molecule has 2 aromatic rings. The van der Waals surface area contributed by atoms with Gasteiger partial charge in [-0.05, 0) is 42.5 Å². The Bertz CT molecular complexity index is 677. The SMILES string of the molecule is O=C(Cc1ccc(Cl)cc1)NC[C@]1(c2ccccc2)CCCOCC1. The van der Waals surface area contributed by atoms with Crippen molar-refractivity contribution in [3.05, 3.63) is 70.7 Å². The average molecular weight is 358 g/mol. The largest absolute Gasteiger partial charge is 0.381 e. The van der Waals surface area contributed by atoms with Crippen molar-refractivity contribution in [2.45, 2.75) is 31.1 Å². The van der Waals surface area contributed by atoms with Crippen LogP contribution in [0.2, 0.25) is 5.02 Å². The summed E-state index contributed by atoms with van der Waals surface area (Å²) in [6.45, 7) is 2.18. The van der Waals surface area contributed by atoms with E-state index in [0.717, 1.165) is 38.0 Å². The van der Waals surface area contributed by atoms with Crippen molar-refractivity contribution >= 4 is 17.5 Å². The number of carbonyl (C=O) groups is 1. The molecule has 0 saturated carbocycles. The molecule has 0 unspecified atom stereocenters. The second-order valence-electron chi connectivity index (χ2n) is 6.69. The topological polar surface area (TPSA) is 38.3 Å². The maximum absolute atomic E-state index is 12.4. The van der Waals surface area contributed by atoms with Crippen LogP contribution in [0.25, 0.3) is 0 Å². The fourth-order valence-corrected chi connectivity index (χ4v) is 3.61. The van der Waals surface area contributed by atoms with E-state index in [0.29, 0.717) is 18.0 Å². The third kappa shape index (κ3) is 4.83. The van der Waals surface area contributed by atoms with Crippen LogP contribution in [-0.4, -0.2) is 25.7 Å². The lowest BCUT2D eigenvalue weighted by atomic mass is 9.74. The number of amides is 1. The molecule has 1 saturated heterocycles. The molecule has 25 heavy (non-hydrogen) atoms. The normalized spacial score (nSPS) is 20.7. The zero-order chi connectivity index (χ0) is 17.5. The summed E-state index contributed by atoms with van der Waals surface area (Å²) in [5.74, 6) is 0.0443. The first-order valence-corrected chi connectivity index (χ1v) is 9.20. The van der Waals surface area contributed by atoms with E-state index >= 15 is 0 Å². The molecule has 1 amide bonds. The Balaban J connectivity index is 1.68. The van der Waals surface area contributed by atoms with Gasteiger partial charge in [-0.25, -0.2) is 0 Å². The van der Waals surface area contributed by atoms with Gasteiger partial charge < -0.3 is 10.1 Å². The highest BCUT2D eigenvalue weighted by molar-refractivity contribution is 6.30. The Labute approximate surface area is 154 Å².